The van der Waals surface area contributed by atoms with Gasteiger partial charge in [0, 0.05) is 6.42 Å². The molecule has 0 aromatic carbocycles. The van der Waals surface area contributed by atoms with Crippen molar-refractivity contribution in [3.05, 3.63) is 0 Å². The van der Waals surface area contributed by atoms with Crippen LogP contribution in [0.1, 0.15) is 6.42 Å². The molecule has 2 nitrogen and oxygen atoms in total. The van der Waals surface area contributed by atoms with Gasteiger partial charge in [-0.3, -0.25) is 4.79 Å². The van der Waals surface area contributed by atoms with Crippen LogP contribution in [0.4, 0.5) is 12.9 Å². The van der Waals surface area contributed by atoms with Gasteiger partial charge in [-0.2, -0.15) is 0 Å². The summed E-state index contributed by atoms with van der Waals surface area (Å²) in [5, 5.41) is 0. The zero-order chi connectivity index (χ0) is 7.78. The predicted molar refractivity (Wildman–Crippen MR) is 28.4 cm³/mol. The first kappa shape index (κ1) is 12.0. The number of rotatable bonds is 1. The van der Waals surface area contributed by atoms with Gasteiger partial charge in [-0.25, -0.2) is 0 Å². The van der Waals surface area contributed by atoms with E-state index < -0.39 is 31.8 Å². The maximum absolute atomic E-state index is 11.8. The van der Waals surface area contributed by atoms with Gasteiger partial charge < -0.3 is 17.7 Å². The number of hydrogen-bond acceptors (Lipinski definition) is 2. The largest absolute Gasteiger partial charge is 1.00 e. The van der Waals surface area contributed by atoms with Crippen LogP contribution < -0.4 is 51.4 Å². The average molecular weight is 192 g/mol. The Kier molecular flexibility index (Phi) is 4.64. The summed E-state index contributed by atoms with van der Waals surface area (Å²) >= 11 is 0. The van der Waals surface area contributed by atoms with Gasteiger partial charge in [0.15, 0.2) is 0 Å². The number of cyclic esters (lactones) is 1. The minimum atomic E-state index is -4.88. The van der Waals surface area contributed by atoms with E-state index in [0.717, 1.165) is 0 Å². The quantitative estimate of drug-likeness (QED) is 0.360. The van der Waals surface area contributed by atoms with E-state index in [0.29, 0.717) is 0 Å². The van der Waals surface area contributed by atoms with Crippen molar-refractivity contribution >= 4 is 12.9 Å². The maximum Gasteiger partial charge on any atom is 1.00 e. The van der Waals surface area contributed by atoms with Gasteiger partial charge in [0.25, 0.3) is 0 Å². The molecule has 0 amide bonds. The first-order valence-corrected chi connectivity index (χ1v) is 2.85. The van der Waals surface area contributed by atoms with Crippen LogP contribution in [0.15, 0.2) is 0 Å². The van der Waals surface area contributed by atoms with Crippen LogP contribution >= 0.6 is 0 Å². The van der Waals surface area contributed by atoms with Gasteiger partial charge in [0.05, 0.1) is 6.61 Å². The Morgan fingerprint density at radius 1 is 1.45 bits per heavy atom. The second-order valence-corrected chi connectivity index (χ2v) is 2.27. The van der Waals surface area contributed by atoms with Gasteiger partial charge >= 0.3 is 64.3 Å². The SMILES string of the molecule is O=C1CC([B-](F)(F)F)CO1.[K+]. The van der Waals surface area contributed by atoms with Crippen LogP contribution in [0.3, 0.4) is 0 Å². The van der Waals surface area contributed by atoms with Gasteiger partial charge in [0.2, 0.25) is 0 Å². The van der Waals surface area contributed by atoms with Crippen molar-refractivity contribution in [2.45, 2.75) is 12.2 Å². The third-order valence-corrected chi connectivity index (χ3v) is 1.42. The van der Waals surface area contributed by atoms with E-state index in [-0.39, 0.29) is 51.4 Å². The number of carbonyl (C=O) groups is 1. The zero-order valence-electron chi connectivity index (χ0n) is 6.02. The summed E-state index contributed by atoms with van der Waals surface area (Å²) in [6.45, 7) is -5.37. The van der Waals surface area contributed by atoms with Crippen molar-refractivity contribution in [3.8, 4) is 0 Å². The molecular weight excluding hydrogens is 187 g/mol. The summed E-state index contributed by atoms with van der Waals surface area (Å²) in [6, 6.07) is 0. The number of hydrogen-bond donors (Lipinski definition) is 0. The molecule has 1 unspecified atom stereocenters. The van der Waals surface area contributed by atoms with Crippen molar-refractivity contribution in [3.63, 3.8) is 0 Å². The van der Waals surface area contributed by atoms with Crippen molar-refractivity contribution in [2.24, 2.45) is 0 Å². The summed E-state index contributed by atoms with van der Waals surface area (Å²) in [5.41, 5.74) is 0. The van der Waals surface area contributed by atoms with Gasteiger partial charge in [-0.1, -0.05) is 0 Å². The molecule has 0 bridgehead atoms. The first-order valence-electron chi connectivity index (χ1n) is 2.85. The van der Waals surface area contributed by atoms with E-state index in [2.05, 4.69) is 4.74 Å². The van der Waals surface area contributed by atoms with Crippen molar-refractivity contribution < 1.29 is 73.9 Å². The zero-order valence-corrected chi connectivity index (χ0v) is 9.14. The fourth-order valence-electron chi connectivity index (χ4n) is 0.775. The van der Waals surface area contributed by atoms with Crippen LogP contribution in [0, 0.1) is 0 Å². The summed E-state index contributed by atoms with van der Waals surface area (Å²) in [4.78, 5) is 10.2. The van der Waals surface area contributed by atoms with E-state index in [1.165, 1.54) is 0 Å². The molecule has 1 heterocycles. The minimum Gasteiger partial charge on any atom is -0.468 e. The molecule has 11 heavy (non-hydrogen) atoms. The predicted octanol–water partition coefficient (Wildman–Crippen LogP) is -1.85. The molecule has 1 aliphatic heterocycles. The second-order valence-electron chi connectivity index (χ2n) is 2.27. The number of carbonyl (C=O) groups excluding carboxylic acids is 1. The van der Waals surface area contributed by atoms with Crippen molar-refractivity contribution in [2.75, 3.05) is 6.61 Å². The van der Waals surface area contributed by atoms with E-state index in [9.17, 15) is 17.7 Å². The molecule has 0 spiro atoms. The molecule has 1 aliphatic rings. The van der Waals surface area contributed by atoms with Crippen LogP contribution in [-0.2, 0) is 9.53 Å². The third kappa shape index (κ3) is 3.46. The van der Waals surface area contributed by atoms with E-state index in [1.54, 1.807) is 0 Å². The summed E-state index contributed by atoms with van der Waals surface area (Å²) in [7, 11) is 0. The first-order chi connectivity index (χ1) is 4.50. The number of ether oxygens (including phenoxy) is 1. The molecule has 1 rings (SSSR count). The molecular formula is C4H5BF3KO2. The molecule has 7 heteroatoms. The smallest absolute Gasteiger partial charge is 0.468 e. The molecule has 0 N–H and O–H groups in total. The van der Waals surface area contributed by atoms with Gasteiger partial charge in [-0.15, -0.1) is 0 Å². The Labute approximate surface area is 104 Å². The second kappa shape index (κ2) is 4.27. The topological polar surface area (TPSA) is 26.3 Å². The molecule has 1 fully saturated rings. The Hall–Kier alpha value is 0.961. The van der Waals surface area contributed by atoms with Gasteiger partial charge in [0.1, 0.15) is 0 Å². The molecule has 1 saturated heterocycles. The average Bonchev–Trinajstić information content (AvgIpc) is 2.11. The number of halogens is 3. The molecule has 0 aromatic rings. The van der Waals surface area contributed by atoms with Crippen molar-refractivity contribution in [1.29, 1.82) is 0 Å². The van der Waals surface area contributed by atoms with Crippen molar-refractivity contribution in [1.82, 2.24) is 0 Å². The normalized spacial score (nSPS) is 24.3. The fourth-order valence-corrected chi connectivity index (χ4v) is 0.775. The van der Waals surface area contributed by atoms with Gasteiger partial charge in [-0.05, 0) is 5.82 Å². The summed E-state index contributed by atoms with van der Waals surface area (Å²) in [6.07, 6.45) is -0.497. The maximum atomic E-state index is 11.8. The van der Waals surface area contributed by atoms with E-state index in [1.807, 2.05) is 0 Å². The molecule has 0 aromatic heterocycles. The molecule has 0 saturated carbocycles. The van der Waals surface area contributed by atoms with Crippen LogP contribution in [0.25, 0.3) is 0 Å². The van der Waals surface area contributed by atoms with Crippen LogP contribution in [0.2, 0.25) is 5.82 Å². The van der Waals surface area contributed by atoms with Crippen LogP contribution in [0.5, 0.6) is 0 Å². The molecule has 58 valence electrons. The standard InChI is InChI=1S/C4H5BF3O2.K/c6-5(7,8)3-1-4(9)10-2-3;/h3H,1-2H2;/q-1;+1. The summed E-state index contributed by atoms with van der Waals surface area (Å²) < 4.78 is 39.4. The Balaban J connectivity index is 0.000001000. The fraction of sp³-hybridized carbons (Fsp3) is 0.750. The monoisotopic (exact) mass is 192 g/mol. The van der Waals surface area contributed by atoms with Crippen LogP contribution in [-0.4, -0.2) is 19.6 Å². The number of esters is 1. The third-order valence-electron chi connectivity index (χ3n) is 1.42. The Bertz CT molecular complexity index is 160. The van der Waals surface area contributed by atoms with E-state index in [4.69, 9.17) is 0 Å². The Morgan fingerprint density at radius 2 is 2.00 bits per heavy atom. The molecule has 0 aliphatic carbocycles. The minimum absolute atomic E-state index is 0. The van der Waals surface area contributed by atoms with E-state index >= 15 is 0 Å². The Morgan fingerprint density at radius 3 is 2.18 bits per heavy atom. The molecule has 0 radical (unpaired) electrons. The molecule has 1 atom stereocenters. The summed E-state index contributed by atoms with van der Waals surface area (Å²) in [5.74, 6) is -2.27.